The fourth-order valence-corrected chi connectivity index (χ4v) is 2.52. The Bertz CT molecular complexity index is 517. The normalized spacial score (nSPS) is 18.9. The smallest absolute Gasteiger partial charge is 0.244 e. The summed E-state index contributed by atoms with van der Waals surface area (Å²) in [4.78, 5) is 25.9. The Morgan fingerprint density at radius 3 is 2.47 bits per heavy atom. The average Bonchev–Trinajstić information content (AvgIpc) is 2.35. The van der Waals surface area contributed by atoms with Crippen molar-refractivity contribution in [3.8, 4) is 0 Å². The fraction of sp³-hybridized carbons (Fsp3) is 0.467. The summed E-state index contributed by atoms with van der Waals surface area (Å²) < 4.78 is 0. The standard InChI is InChI=1S/C15H20N2O2/c1-15(2,3)14(19)17-9-8-10-6-4-5-7-11(10)12(17)13(16)18/h4-7,12H,8-9H2,1-3H3,(H2,16,18). The lowest BCUT2D eigenvalue weighted by molar-refractivity contribution is -0.146. The predicted molar refractivity (Wildman–Crippen MR) is 73.2 cm³/mol. The lowest BCUT2D eigenvalue weighted by Crippen LogP contribution is -2.49. The third kappa shape index (κ3) is 2.48. The molecule has 102 valence electrons. The van der Waals surface area contributed by atoms with Gasteiger partial charge < -0.3 is 10.6 Å². The quantitative estimate of drug-likeness (QED) is 0.834. The number of primary amides is 1. The Morgan fingerprint density at radius 2 is 1.89 bits per heavy atom. The Labute approximate surface area is 113 Å². The van der Waals surface area contributed by atoms with Crippen molar-refractivity contribution in [1.82, 2.24) is 4.90 Å². The summed E-state index contributed by atoms with van der Waals surface area (Å²) in [5, 5.41) is 0. The Kier molecular flexibility index (Phi) is 3.35. The molecule has 1 unspecified atom stereocenters. The molecule has 2 amide bonds. The highest BCUT2D eigenvalue weighted by Gasteiger charge is 2.38. The fourth-order valence-electron chi connectivity index (χ4n) is 2.52. The van der Waals surface area contributed by atoms with Crippen LogP contribution in [0.4, 0.5) is 0 Å². The van der Waals surface area contributed by atoms with E-state index in [1.165, 1.54) is 0 Å². The Hall–Kier alpha value is -1.84. The van der Waals surface area contributed by atoms with Gasteiger partial charge in [0.25, 0.3) is 0 Å². The first-order valence-electron chi connectivity index (χ1n) is 6.50. The number of amides is 2. The van der Waals surface area contributed by atoms with Crippen molar-refractivity contribution in [3.05, 3.63) is 35.4 Å². The van der Waals surface area contributed by atoms with Gasteiger partial charge in [-0.3, -0.25) is 9.59 Å². The minimum absolute atomic E-state index is 0.0363. The van der Waals surface area contributed by atoms with Crippen LogP contribution < -0.4 is 5.73 Å². The average molecular weight is 260 g/mol. The van der Waals surface area contributed by atoms with Crippen molar-refractivity contribution in [2.75, 3.05) is 6.54 Å². The molecule has 1 aliphatic rings. The third-order valence-electron chi connectivity index (χ3n) is 3.46. The molecular weight excluding hydrogens is 240 g/mol. The molecule has 0 fully saturated rings. The molecule has 0 aromatic heterocycles. The minimum atomic E-state index is -0.642. The van der Waals surface area contributed by atoms with Crippen LogP contribution in [0.3, 0.4) is 0 Å². The zero-order valence-corrected chi connectivity index (χ0v) is 11.6. The van der Waals surface area contributed by atoms with Crippen LogP contribution in [0.1, 0.15) is 37.9 Å². The van der Waals surface area contributed by atoms with E-state index in [9.17, 15) is 9.59 Å². The number of fused-ring (bicyclic) bond motifs is 1. The molecule has 2 N–H and O–H groups in total. The van der Waals surface area contributed by atoms with E-state index in [4.69, 9.17) is 5.73 Å². The molecule has 0 bridgehead atoms. The van der Waals surface area contributed by atoms with E-state index >= 15 is 0 Å². The molecule has 4 heteroatoms. The van der Waals surface area contributed by atoms with Gasteiger partial charge in [0.2, 0.25) is 11.8 Å². The van der Waals surface area contributed by atoms with Crippen molar-refractivity contribution < 1.29 is 9.59 Å². The maximum Gasteiger partial charge on any atom is 0.244 e. The molecule has 1 aromatic carbocycles. The van der Waals surface area contributed by atoms with E-state index in [0.29, 0.717) is 6.54 Å². The summed E-state index contributed by atoms with van der Waals surface area (Å²) in [6.07, 6.45) is 0.766. The first kappa shape index (κ1) is 13.6. The van der Waals surface area contributed by atoms with Gasteiger partial charge in [-0.05, 0) is 17.5 Å². The van der Waals surface area contributed by atoms with Crippen molar-refractivity contribution >= 4 is 11.8 Å². The number of benzene rings is 1. The second kappa shape index (κ2) is 4.68. The molecule has 1 atom stereocenters. The third-order valence-corrected chi connectivity index (χ3v) is 3.46. The maximum absolute atomic E-state index is 12.5. The number of hydrogen-bond acceptors (Lipinski definition) is 2. The van der Waals surface area contributed by atoms with Gasteiger partial charge >= 0.3 is 0 Å². The van der Waals surface area contributed by atoms with Crippen LogP contribution in [-0.2, 0) is 16.0 Å². The summed E-state index contributed by atoms with van der Waals surface area (Å²) in [5.74, 6) is -0.504. The summed E-state index contributed by atoms with van der Waals surface area (Å²) in [7, 11) is 0. The van der Waals surface area contributed by atoms with Crippen LogP contribution in [0, 0.1) is 5.41 Å². The minimum Gasteiger partial charge on any atom is -0.368 e. The van der Waals surface area contributed by atoms with E-state index in [-0.39, 0.29) is 5.91 Å². The summed E-state index contributed by atoms with van der Waals surface area (Å²) in [6.45, 7) is 6.11. The first-order chi connectivity index (χ1) is 8.82. The molecule has 0 aliphatic carbocycles. The van der Waals surface area contributed by atoms with Gasteiger partial charge in [0, 0.05) is 12.0 Å². The van der Waals surface area contributed by atoms with Crippen LogP contribution in [0.2, 0.25) is 0 Å². The lowest BCUT2D eigenvalue weighted by Gasteiger charge is -2.38. The van der Waals surface area contributed by atoms with Gasteiger partial charge in [0.1, 0.15) is 6.04 Å². The van der Waals surface area contributed by atoms with Gasteiger partial charge in [-0.15, -0.1) is 0 Å². The molecule has 1 aromatic rings. The lowest BCUT2D eigenvalue weighted by atomic mass is 9.88. The summed E-state index contributed by atoms with van der Waals surface area (Å²) in [6, 6.07) is 7.05. The molecular formula is C15H20N2O2. The zero-order valence-electron chi connectivity index (χ0n) is 11.6. The summed E-state index contributed by atoms with van der Waals surface area (Å²) >= 11 is 0. The van der Waals surface area contributed by atoms with Crippen LogP contribution >= 0.6 is 0 Å². The molecule has 1 heterocycles. The van der Waals surface area contributed by atoms with Crippen molar-refractivity contribution in [2.24, 2.45) is 11.1 Å². The van der Waals surface area contributed by atoms with Gasteiger partial charge in [0.05, 0.1) is 0 Å². The highest BCUT2D eigenvalue weighted by atomic mass is 16.2. The predicted octanol–water partition coefficient (Wildman–Crippen LogP) is 1.64. The highest BCUT2D eigenvalue weighted by molar-refractivity contribution is 5.90. The second-order valence-corrected chi connectivity index (χ2v) is 6.00. The Balaban J connectivity index is 2.44. The number of carbonyl (C=O) groups excluding carboxylic acids is 2. The summed E-state index contributed by atoms with van der Waals surface area (Å²) in [5.41, 5.74) is 6.97. The van der Waals surface area contributed by atoms with Crippen LogP contribution in [-0.4, -0.2) is 23.3 Å². The number of nitrogens with zero attached hydrogens (tertiary/aromatic N) is 1. The van der Waals surface area contributed by atoms with Gasteiger partial charge in [-0.25, -0.2) is 0 Å². The van der Waals surface area contributed by atoms with Gasteiger partial charge in [-0.2, -0.15) is 0 Å². The zero-order chi connectivity index (χ0) is 14.2. The molecule has 19 heavy (non-hydrogen) atoms. The molecule has 4 nitrogen and oxygen atoms in total. The van der Waals surface area contributed by atoms with Crippen molar-refractivity contribution in [1.29, 1.82) is 0 Å². The van der Waals surface area contributed by atoms with E-state index in [1.807, 2.05) is 45.0 Å². The number of nitrogens with two attached hydrogens (primary N) is 1. The first-order valence-corrected chi connectivity index (χ1v) is 6.50. The second-order valence-electron chi connectivity index (χ2n) is 6.00. The number of carbonyl (C=O) groups is 2. The molecule has 0 spiro atoms. The van der Waals surface area contributed by atoms with Gasteiger partial charge in [0.15, 0.2) is 0 Å². The molecule has 2 rings (SSSR count). The molecule has 1 aliphatic heterocycles. The van der Waals surface area contributed by atoms with Crippen LogP contribution in [0.5, 0.6) is 0 Å². The van der Waals surface area contributed by atoms with E-state index in [0.717, 1.165) is 17.5 Å². The number of rotatable bonds is 1. The molecule has 0 radical (unpaired) electrons. The van der Waals surface area contributed by atoms with Crippen molar-refractivity contribution in [2.45, 2.75) is 33.2 Å². The number of hydrogen-bond donors (Lipinski definition) is 1. The van der Waals surface area contributed by atoms with Gasteiger partial charge in [-0.1, -0.05) is 45.0 Å². The van der Waals surface area contributed by atoms with Crippen molar-refractivity contribution in [3.63, 3.8) is 0 Å². The topological polar surface area (TPSA) is 63.4 Å². The molecule has 0 saturated carbocycles. The van der Waals surface area contributed by atoms with Crippen LogP contribution in [0.25, 0.3) is 0 Å². The van der Waals surface area contributed by atoms with E-state index in [1.54, 1.807) is 4.90 Å². The van der Waals surface area contributed by atoms with E-state index < -0.39 is 17.4 Å². The Morgan fingerprint density at radius 1 is 1.26 bits per heavy atom. The maximum atomic E-state index is 12.5. The highest BCUT2D eigenvalue weighted by Crippen LogP contribution is 2.32. The largest absolute Gasteiger partial charge is 0.368 e. The van der Waals surface area contributed by atoms with E-state index in [2.05, 4.69) is 0 Å². The monoisotopic (exact) mass is 260 g/mol. The van der Waals surface area contributed by atoms with Crippen LogP contribution in [0.15, 0.2) is 24.3 Å². The SMILES string of the molecule is CC(C)(C)C(=O)N1CCc2ccccc2C1C(N)=O. The molecule has 0 saturated heterocycles.